The molecule has 0 bridgehead atoms. The molecule has 0 amide bonds. The highest BCUT2D eigenvalue weighted by molar-refractivity contribution is 7.92. The number of hydrogen-bond acceptors (Lipinski definition) is 7. The van der Waals surface area contributed by atoms with Crippen molar-refractivity contribution in [2.24, 2.45) is 0 Å². The molecule has 1 rings (SSSR count). The molecule has 0 saturated heterocycles. The summed E-state index contributed by atoms with van der Waals surface area (Å²) in [5.41, 5.74) is -1.80. The number of rotatable bonds is 6. The Morgan fingerprint density at radius 1 is 1.18 bits per heavy atom. The molecule has 0 spiro atoms. The average Bonchev–Trinajstić information content (AvgIpc) is 2.35. The monoisotopic (exact) mass is 332 g/mol. The molecule has 1 aromatic rings. The maximum atomic E-state index is 12.0. The number of nitro groups is 2. The average molecular weight is 332 g/mol. The Bertz CT molecular complexity index is 718. The molecule has 0 unspecified atom stereocenters. The molecule has 22 heavy (non-hydrogen) atoms. The Kier molecular flexibility index (Phi) is 4.81. The van der Waals surface area contributed by atoms with Crippen LogP contribution in [0.4, 0.5) is 11.4 Å². The number of nitrogens with zero attached hydrogens (tertiary/aromatic N) is 2. The highest BCUT2D eigenvalue weighted by Crippen LogP contribution is 2.37. The number of aliphatic carboxylic acids is 1. The van der Waals surface area contributed by atoms with Gasteiger partial charge in [-0.1, -0.05) is 13.8 Å². The van der Waals surface area contributed by atoms with Gasteiger partial charge in [-0.25, -0.2) is 8.42 Å². The molecule has 0 saturated carbocycles. The predicted molar refractivity (Wildman–Crippen MR) is 73.5 cm³/mol. The number of carboxylic acid groups (broad SMARTS) is 1. The minimum absolute atomic E-state index is 0.202. The van der Waals surface area contributed by atoms with Crippen molar-refractivity contribution in [2.75, 3.05) is 5.75 Å². The van der Waals surface area contributed by atoms with Crippen LogP contribution in [0.25, 0.3) is 0 Å². The van der Waals surface area contributed by atoms with E-state index >= 15 is 0 Å². The fraction of sp³-hybridized carbons (Fsp3) is 0.364. The van der Waals surface area contributed by atoms with E-state index in [1.165, 1.54) is 0 Å². The van der Waals surface area contributed by atoms with Gasteiger partial charge in [0.2, 0.25) is 14.7 Å². The van der Waals surface area contributed by atoms with Crippen molar-refractivity contribution in [3.8, 4) is 0 Å². The third-order valence-electron chi connectivity index (χ3n) is 2.76. The molecule has 0 fully saturated rings. The van der Waals surface area contributed by atoms with Crippen molar-refractivity contribution in [1.29, 1.82) is 0 Å². The molecule has 11 heteroatoms. The van der Waals surface area contributed by atoms with Gasteiger partial charge in [-0.05, 0) is 11.5 Å². The van der Waals surface area contributed by atoms with Crippen LogP contribution in [0, 0.1) is 20.2 Å². The zero-order chi connectivity index (χ0) is 17.2. The van der Waals surface area contributed by atoms with E-state index < -0.39 is 47.7 Å². The Hall–Kier alpha value is -2.56. The molecule has 120 valence electrons. The largest absolute Gasteiger partial charge is 0.480 e. The summed E-state index contributed by atoms with van der Waals surface area (Å²) in [6, 6.07) is 1.82. The Balaban J connectivity index is 3.85. The Morgan fingerprint density at radius 2 is 1.59 bits per heavy atom. The lowest BCUT2D eigenvalue weighted by molar-refractivity contribution is -0.399. The van der Waals surface area contributed by atoms with Crippen LogP contribution >= 0.6 is 0 Å². The van der Waals surface area contributed by atoms with E-state index in [0.717, 1.165) is 12.1 Å². The van der Waals surface area contributed by atoms with E-state index in [-0.39, 0.29) is 11.5 Å². The third-order valence-corrected chi connectivity index (χ3v) is 4.42. The van der Waals surface area contributed by atoms with E-state index in [1.54, 1.807) is 13.8 Å². The molecule has 0 aromatic heterocycles. The number of benzene rings is 1. The van der Waals surface area contributed by atoms with Crippen LogP contribution in [0.3, 0.4) is 0 Å². The van der Waals surface area contributed by atoms with E-state index in [9.17, 15) is 33.4 Å². The van der Waals surface area contributed by atoms with E-state index in [1.807, 2.05) is 0 Å². The van der Waals surface area contributed by atoms with Gasteiger partial charge in [-0.2, -0.15) is 0 Å². The number of nitro benzene ring substituents is 2. The first-order valence-electron chi connectivity index (χ1n) is 5.88. The third kappa shape index (κ3) is 3.55. The Labute approximate surface area is 124 Å². The number of hydrogen-bond donors (Lipinski definition) is 1. The molecule has 0 atom stereocenters. The first-order chi connectivity index (χ1) is 9.97. The van der Waals surface area contributed by atoms with E-state index in [2.05, 4.69) is 0 Å². The summed E-state index contributed by atoms with van der Waals surface area (Å²) in [6.07, 6.45) is 0. The fourth-order valence-corrected chi connectivity index (χ4v) is 3.15. The summed E-state index contributed by atoms with van der Waals surface area (Å²) in [7, 11) is -4.74. The van der Waals surface area contributed by atoms with Gasteiger partial charge in [0.05, 0.1) is 9.85 Å². The normalized spacial score (nSPS) is 11.4. The minimum atomic E-state index is -4.74. The second-order valence-electron chi connectivity index (χ2n) is 4.71. The first-order valence-corrected chi connectivity index (χ1v) is 7.54. The number of carboxylic acids is 1. The van der Waals surface area contributed by atoms with Crippen LogP contribution in [0.1, 0.15) is 25.3 Å². The van der Waals surface area contributed by atoms with Crippen LogP contribution in [-0.4, -0.2) is 35.1 Å². The van der Waals surface area contributed by atoms with Gasteiger partial charge in [0, 0.05) is 12.1 Å². The predicted octanol–water partition coefficient (Wildman–Crippen LogP) is 1.48. The molecular weight excluding hydrogens is 320 g/mol. The first kappa shape index (κ1) is 17.5. The lowest BCUT2D eigenvalue weighted by Crippen LogP contribution is -2.18. The maximum absolute atomic E-state index is 12.0. The Morgan fingerprint density at radius 3 is 1.86 bits per heavy atom. The zero-order valence-corrected chi connectivity index (χ0v) is 12.4. The fourth-order valence-electron chi connectivity index (χ4n) is 1.78. The smallest absolute Gasteiger partial charge is 0.319 e. The van der Waals surface area contributed by atoms with Crippen molar-refractivity contribution in [3.63, 3.8) is 0 Å². The van der Waals surface area contributed by atoms with Gasteiger partial charge >= 0.3 is 5.97 Å². The van der Waals surface area contributed by atoms with Crippen LogP contribution in [0.5, 0.6) is 0 Å². The molecule has 0 radical (unpaired) electrons. The highest BCUT2D eigenvalue weighted by Gasteiger charge is 2.37. The minimum Gasteiger partial charge on any atom is -0.480 e. The van der Waals surface area contributed by atoms with Gasteiger partial charge < -0.3 is 5.11 Å². The van der Waals surface area contributed by atoms with Crippen molar-refractivity contribution < 1.29 is 28.2 Å². The molecule has 0 heterocycles. The summed E-state index contributed by atoms with van der Waals surface area (Å²) in [5.74, 6) is -3.57. The van der Waals surface area contributed by atoms with Crippen molar-refractivity contribution in [3.05, 3.63) is 37.9 Å². The highest BCUT2D eigenvalue weighted by atomic mass is 32.2. The van der Waals surface area contributed by atoms with Crippen molar-refractivity contribution >= 4 is 27.2 Å². The molecule has 0 aliphatic rings. The van der Waals surface area contributed by atoms with Gasteiger partial charge in [0.15, 0.2) is 5.75 Å². The molecule has 1 aromatic carbocycles. The summed E-state index contributed by atoms with van der Waals surface area (Å²) in [5, 5.41) is 30.7. The number of carbonyl (C=O) groups is 1. The van der Waals surface area contributed by atoms with E-state index in [4.69, 9.17) is 5.11 Å². The molecule has 1 N–H and O–H groups in total. The van der Waals surface area contributed by atoms with E-state index in [0.29, 0.717) is 0 Å². The summed E-state index contributed by atoms with van der Waals surface area (Å²) in [6.45, 7) is 3.24. The summed E-state index contributed by atoms with van der Waals surface area (Å²) < 4.78 is 24.0. The molecular formula is C11H12N2O8S. The quantitative estimate of drug-likeness (QED) is 0.606. The van der Waals surface area contributed by atoms with Crippen LogP contribution in [0.2, 0.25) is 0 Å². The van der Waals surface area contributed by atoms with Crippen molar-refractivity contribution in [2.45, 2.75) is 24.7 Å². The SMILES string of the molecule is CC(C)c1cc([N+](=O)[O-])c(S(=O)(=O)CC(=O)O)c([N+](=O)[O-])c1. The number of sulfone groups is 1. The lowest BCUT2D eigenvalue weighted by atomic mass is 10.0. The summed E-state index contributed by atoms with van der Waals surface area (Å²) in [4.78, 5) is 29.4. The lowest BCUT2D eigenvalue weighted by Gasteiger charge is -2.09. The van der Waals surface area contributed by atoms with Gasteiger partial charge in [-0.15, -0.1) is 0 Å². The molecule has 0 aliphatic carbocycles. The molecule has 10 nitrogen and oxygen atoms in total. The van der Waals surface area contributed by atoms with Crippen LogP contribution in [-0.2, 0) is 14.6 Å². The van der Waals surface area contributed by atoms with Gasteiger partial charge in [-0.3, -0.25) is 25.0 Å². The zero-order valence-electron chi connectivity index (χ0n) is 11.5. The second kappa shape index (κ2) is 6.05. The van der Waals surface area contributed by atoms with Gasteiger partial charge in [0.25, 0.3) is 11.4 Å². The topological polar surface area (TPSA) is 158 Å². The van der Waals surface area contributed by atoms with Crippen LogP contribution < -0.4 is 0 Å². The molecule has 0 aliphatic heterocycles. The van der Waals surface area contributed by atoms with Crippen molar-refractivity contribution in [1.82, 2.24) is 0 Å². The summed E-state index contributed by atoms with van der Waals surface area (Å²) >= 11 is 0. The standard InChI is InChI=1S/C11H12N2O8S/c1-6(2)7-3-8(12(16)17)11(9(4-7)13(18)19)22(20,21)5-10(14)15/h3-4,6H,5H2,1-2H3,(H,14,15). The second-order valence-corrected chi connectivity index (χ2v) is 6.64. The van der Waals surface area contributed by atoms with Crippen LogP contribution in [0.15, 0.2) is 17.0 Å². The van der Waals surface area contributed by atoms with Gasteiger partial charge in [0.1, 0.15) is 0 Å². The maximum Gasteiger partial charge on any atom is 0.319 e.